The Morgan fingerprint density at radius 3 is 2.12 bits per heavy atom. The zero-order chi connectivity index (χ0) is 29.8. The highest BCUT2D eigenvalue weighted by Crippen LogP contribution is 2.30. The first-order valence-electron chi connectivity index (χ1n) is 12.9. The summed E-state index contributed by atoms with van der Waals surface area (Å²) in [4.78, 5) is 30.9. The lowest BCUT2D eigenvalue weighted by atomic mass is 10.0. The third kappa shape index (κ3) is 7.11. The van der Waals surface area contributed by atoms with Crippen LogP contribution in [0.3, 0.4) is 0 Å². The van der Waals surface area contributed by atoms with Gasteiger partial charge in [-0.25, -0.2) is 9.78 Å². The van der Waals surface area contributed by atoms with Gasteiger partial charge in [-0.1, -0.05) is 36.4 Å². The van der Waals surface area contributed by atoms with E-state index in [9.17, 15) is 27.9 Å². The summed E-state index contributed by atoms with van der Waals surface area (Å²) in [5.41, 5.74) is 1.64. The van der Waals surface area contributed by atoms with E-state index in [2.05, 4.69) is 4.98 Å². The molecule has 1 heterocycles. The van der Waals surface area contributed by atoms with Crippen LogP contribution in [0.25, 0.3) is 11.1 Å². The van der Waals surface area contributed by atoms with Crippen molar-refractivity contribution in [1.82, 2.24) is 4.98 Å². The Kier molecular flexibility index (Phi) is 8.47. The molecule has 3 aromatic carbocycles. The quantitative estimate of drug-likeness (QED) is 0.233. The monoisotopic (exact) mass is 562 g/mol. The zero-order valence-electron chi connectivity index (χ0n) is 22.8. The summed E-state index contributed by atoms with van der Waals surface area (Å²) in [7, 11) is 0. The number of aryl methyl sites for hydroxylation is 1. The molecule has 9 heteroatoms. The number of carboxylic acid groups (broad SMARTS) is 1. The van der Waals surface area contributed by atoms with Crippen molar-refractivity contribution < 1.29 is 32.6 Å². The smallest absolute Gasteiger partial charge is 0.416 e. The van der Waals surface area contributed by atoms with Gasteiger partial charge >= 0.3 is 12.1 Å². The molecule has 0 fully saturated rings. The van der Waals surface area contributed by atoms with Crippen LogP contribution in [0.2, 0.25) is 0 Å². The number of amides is 1. The number of carboxylic acids is 1. The highest BCUT2D eigenvalue weighted by atomic mass is 19.4. The van der Waals surface area contributed by atoms with Crippen LogP contribution in [-0.4, -0.2) is 34.1 Å². The number of hydrogen-bond donors (Lipinski definition) is 1. The molecule has 4 aromatic rings. The Hall–Kier alpha value is -4.66. The van der Waals surface area contributed by atoms with E-state index in [0.717, 1.165) is 46.5 Å². The summed E-state index contributed by atoms with van der Waals surface area (Å²) in [6, 6.07) is 22.3. The SMILES string of the molecule is Cc1ccccc1-c1ccc(N(CCc2ccc(OC(C)(C)C(=O)O)cc2)C(=O)c2ccc(C(F)(F)F)cc2)nc1. The van der Waals surface area contributed by atoms with Crippen LogP contribution in [0.1, 0.15) is 40.9 Å². The lowest BCUT2D eigenvalue weighted by molar-refractivity contribution is -0.152. The summed E-state index contributed by atoms with van der Waals surface area (Å²) in [5.74, 6) is -0.847. The molecule has 0 aliphatic carbocycles. The molecule has 0 saturated heterocycles. The molecule has 0 bridgehead atoms. The molecular formula is C32H29F3N2O4. The lowest BCUT2D eigenvalue weighted by Crippen LogP contribution is -2.37. The van der Waals surface area contributed by atoms with Crippen molar-refractivity contribution in [2.24, 2.45) is 0 Å². The number of carbonyl (C=O) groups is 2. The van der Waals surface area contributed by atoms with Gasteiger partial charge in [-0.2, -0.15) is 13.2 Å². The van der Waals surface area contributed by atoms with Crippen molar-refractivity contribution in [3.63, 3.8) is 0 Å². The lowest BCUT2D eigenvalue weighted by Gasteiger charge is -2.23. The van der Waals surface area contributed by atoms with Crippen LogP contribution in [0, 0.1) is 6.92 Å². The maximum atomic E-state index is 13.5. The number of halogens is 3. The van der Waals surface area contributed by atoms with E-state index in [0.29, 0.717) is 18.0 Å². The highest BCUT2D eigenvalue weighted by Gasteiger charge is 2.31. The summed E-state index contributed by atoms with van der Waals surface area (Å²) >= 11 is 0. The number of pyridine rings is 1. The van der Waals surface area contributed by atoms with Crippen molar-refractivity contribution in [3.8, 4) is 16.9 Å². The van der Waals surface area contributed by atoms with Crippen LogP contribution in [0.15, 0.2) is 91.1 Å². The largest absolute Gasteiger partial charge is 0.478 e. The number of rotatable bonds is 9. The first-order valence-corrected chi connectivity index (χ1v) is 12.9. The Bertz CT molecular complexity index is 1510. The Morgan fingerprint density at radius 1 is 0.902 bits per heavy atom. The second-order valence-electron chi connectivity index (χ2n) is 10.1. The van der Waals surface area contributed by atoms with Crippen molar-refractivity contribution in [1.29, 1.82) is 0 Å². The number of hydrogen-bond acceptors (Lipinski definition) is 4. The van der Waals surface area contributed by atoms with Gasteiger partial charge in [-0.05, 0) is 92.4 Å². The minimum Gasteiger partial charge on any atom is -0.478 e. The van der Waals surface area contributed by atoms with Gasteiger partial charge in [0.25, 0.3) is 5.91 Å². The van der Waals surface area contributed by atoms with Crippen LogP contribution < -0.4 is 9.64 Å². The maximum absolute atomic E-state index is 13.5. The first-order chi connectivity index (χ1) is 19.3. The molecule has 1 aromatic heterocycles. The summed E-state index contributed by atoms with van der Waals surface area (Å²) in [6.45, 7) is 5.08. The Morgan fingerprint density at radius 2 is 1.56 bits per heavy atom. The molecule has 41 heavy (non-hydrogen) atoms. The molecule has 0 aliphatic rings. The van der Waals surface area contributed by atoms with E-state index in [1.807, 2.05) is 37.3 Å². The molecule has 1 amide bonds. The number of benzene rings is 3. The molecule has 0 spiro atoms. The second-order valence-corrected chi connectivity index (χ2v) is 10.1. The van der Waals surface area contributed by atoms with Crippen molar-refractivity contribution >= 4 is 17.7 Å². The zero-order valence-corrected chi connectivity index (χ0v) is 22.8. The van der Waals surface area contributed by atoms with Gasteiger partial charge in [0.05, 0.1) is 5.56 Å². The van der Waals surface area contributed by atoms with Crippen LogP contribution >= 0.6 is 0 Å². The molecule has 0 unspecified atom stereocenters. The average Bonchev–Trinajstić information content (AvgIpc) is 2.94. The first kappa shape index (κ1) is 29.3. The molecule has 6 nitrogen and oxygen atoms in total. The van der Waals surface area contributed by atoms with Gasteiger partial charge in [0.1, 0.15) is 11.6 Å². The topological polar surface area (TPSA) is 79.7 Å². The predicted octanol–water partition coefficient (Wildman–Crippen LogP) is 7.21. The van der Waals surface area contributed by atoms with E-state index in [1.165, 1.54) is 18.7 Å². The Labute approximate surface area is 236 Å². The second kappa shape index (κ2) is 11.8. The summed E-state index contributed by atoms with van der Waals surface area (Å²) in [6.07, 6.45) is -2.44. The molecule has 4 rings (SSSR count). The van der Waals surface area contributed by atoms with Crippen molar-refractivity contribution in [3.05, 3.63) is 113 Å². The van der Waals surface area contributed by atoms with Crippen molar-refractivity contribution in [2.75, 3.05) is 11.4 Å². The Balaban J connectivity index is 1.58. The van der Waals surface area contributed by atoms with Crippen LogP contribution in [0.5, 0.6) is 5.75 Å². The average molecular weight is 563 g/mol. The van der Waals surface area contributed by atoms with E-state index in [-0.39, 0.29) is 12.1 Å². The number of aromatic nitrogens is 1. The van der Waals surface area contributed by atoms with Crippen molar-refractivity contribution in [2.45, 2.75) is 39.0 Å². The summed E-state index contributed by atoms with van der Waals surface area (Å²) < 4.78 is 44.8. The van der Waals surface area contributed by atoms with E-state index >= 15 is 0 Å². The van der Waals surface area contributed by atoms with Gasteiger partial charge in [-0.3, -0.25) is 9.69 Å². The number of ether oxygens (including phenoxy) is 1. The normalized spacial score (nSPS) is 11.7. The van der Waals surface area contributed by atoms with Gasteiger partial charge in [-0.15, -0.1) is 0 Å². The highest BCUT2D eigenvalue weighted by molar-refractivity contribution is 6.05. The minimum absolute atomic E-state index is 0.0995. The molecule has 0 saturated carbocycles. The number of anilines is 1. The number of nitrogens with zero attached hydrogens (tertiary/aromatic N) is 2. The van der Waals surface area contributed by atoms with Gasteiger partial charge in [0.2, 0.25) is 0 Å². The molecule has 0 radical (unpaired) electrons. The summed E-state index contributed by atoms with van der Waals surface area (Å²) in [5, 5.41) is 9.28. The van der Waals surface area contributed by atoms with Gasteiger partial charge < -0.3 is 9.84 Å². The fraction of sp³-hybridized carbons (Fsp3) is 0.219. The predicted molar refractivity (Wildman–Crippen MR) is 150 cm³/mol. The van der Waals surface area contributed by atoms with E-state index < -0.39 is 29.2 Å². The van der Waals surface area contributed by atoms with E-state index in [4.69, 9.17) is 4.74 Å². The maximum Gasteiger partial charge on any atom is 0.416 e. The fourth-order valence-corrected chi connectivity index (χ4v) is 4.18. The van der Waals surface area contributed by atoms with Crippen LogP contribution in [-0.2, 0) is 17.4 Å². The molecular weight excluding hydrogens is 533 g/mol. The molecule has 1 N–H and O–H groups in total. The number of alkyl halides is 3. The minimum atomic E-state index is -4.51. The molecule has 0 aliphatic heterocycles. The fourth-order valence-electron chi connectivity index (χ4n) is 4.18. The number of carbonyl (C=O) groups excluding carboxylic acids is 1. The van der Waals surface area contributed by atoms with E-state index in [1.54, 1.807) is 36.5 Å². The third-order valence-corrected chi connectivity index (χ3v) is 6.62. The standard InChI is InChI=1S/C32H29F3N2O4/c1-21-6-4-5-7-27(21)24-12-17-28(36-20-24)37(29(38)23-10-13-25(14-11-23)32(33,34)35)19-18-22-8-15-26(16-9-22)41-31(2,3)30(39)40/h4-17,20H,18-19H2,1-3H3,(H,39,40). The van der Waals surface area contributed by atoms with Gasteiger partial charge in [0, 0.05) is 23.9 Å². The van der Waals surface area contributed by atoms with Gasteiger partial charge in [0.15, 0.2) is 5.60 Å². The molecule has 212 valence electrons. The molecule has 0 atom stereocenters. The third-order valence-electron chi connectivity index (χ3n) is 6.62. The van der Waals surface area contributed by atoms with Crippen LogP contribution in [0.4, 0.5) is 19.0 Å². The number of aliphatic carboxylic acids is 1.